The zero-order valence-electron chi connectivity index (χ0n) is 10.7. The third-order valence-electron chi connectivity index (χ3n) is 2.17. The van der Waals surface area contributed by atoms with E-state index in [1.807, 2.05) is 24.3 Å². The van der Waals surface area contributed by atoms with E-state index < -0.39 is 0 Å². The fourth-order valence-electron chi connectivity index (χ4n) is 1.43. The van der Waals surface area contributed by atoms with Gasteiger partial charge in [-0.25, -0.2) is 0 Å². The first-order chi connectivity index (χ1) is 9.67. The van der Waals surface area contributed by atoms with Crippen molar-refractivity contribution in [3.05, 3.63) is 28.2 Å². The average molecular weight is 344 g/mol. The maximum atomic E-state index is 11.9. The molecule has 1 amide bonds. The van der Waals surface area contributed by atoms with Crippen molar-refractivity contribution in [3.8, 4) is 0 Å². The average Bonchev–Trinajstić information content (AvgIpc) is 2.83. The molecule has 0 saturated heterocycles. The van der Waals surface area contributed by atoms with E-state index >= 15 is 0 Å². The van der Waals surface area contributed by atoms with Crippen LogP contribution < -0.4 is 5.32 Å². The fourth-order valence-corrected chi connectivity index (χ4v) is 4.03. The van der Waals surface area contributed by atoms with Gasteiger partial charge in [0.05, 0.1) is 5.75 Å². The van der Waals surface area contributed by atoms with E-state index in [0.717, 1.165) is 20.7 Å². The fraction of sp³-hybridized carbons (Fsp3) is 0.250. The maximum Gasteiger partial charge on any atom is 0.234 e. The minimum absolute atomic E-state index is 0.0465. The summed E-state index contributed by atoms with van der Waals surface area (Å²) in [6.45, 7) is 2.10. The SMILES string of the molecule is CCSc1cccc(NC(=O)CSc2n[nH]c(=S)s2)c1. The number of H-pyrrole nitrogens is 1. The quantitative estimate of drug-likeness (QED) is 0.612. The highest BCUT2D eigenvalue weighted by Crippen LogP contribution is 2.23. The second-order valence-corrected chi connectivity index (χ2v) is 7.90. The standard InChI is InChI=1S/C12H13N3OS4/c1-2-18-9-5-3-4-8(6-9)13-10(16)7-19-12-15-14-11(17)20-12/h3-6H,2,7H2,1H3,(H,13,16)(H,14,17). The Labute approximate surface area is 134 Å². The van der Waals surface area contributed by atoms with Gasteiger partial charge in [0.25, 0.3) is 0 Å². The van der Waals surface area contributed by atoms with E-state index in [9.17, 15) is 4.79 Å². The Morgan fingerprint density at radius 1 is 1.50 bits per heavy atom. The molecule has 0 aliphatic heterocycles. The second-order valence-electron chi connectivity index (χ2n) is 3.68. The molecular formula is C12H13N3OS4. The van der Waals surface area contributed by atoms with Crippen LogP contribution in [0.5, 0.6) is 0 Å². The van der Waals surface area contributed by atoms with Gasteiger partial charge in [-0.15, -0.1) is 11.8 Å². The molecule has 0 fully saturated rings. The summed E-state index contributed by atoms with van der Waals surface area (Å²) in [6, 6.07) is 7.85. The van der Waals surface area contributed by atoms with Crippen molar-refractivity contribution in [2.75, 3.05) is 16.8 Å². The molecule has 20 heavy (non-hydrogen) atoms. The van der Waals surface area contributed by atoms with Crippen LogP contribution in [0.3, 0.4) is 0 Å². The Morgan fingerprint density at radius 3 is 3.05 bits per heavy atom. The number of anilines is 1. The zero-order valence-corrected chi connectivity index (χ0v) is 14.0. The lowest BCUT2D eigenvalue weighted by atomic mass is 10.3. The third kappa shape index (κ3) is 4.93. The van der Waals surface area contributed by atoms with Crippen LogP contribution in [0.1, 0.15) is 6.92 Å². The van der Waals surface area contributed by atoms with Crippen LogP contribution in [0.15, 0.2) is 33.5 Å². The number of thioether (sulfide) groups is 2. The molecule has 0 spiro atoms. The van der Waals surface area contributed by atoms with Gasteiger partial charge in [0.15, 0.2) is 8.29 Å². The monoisotopic (exact) mass is 343 g/mol. The highest BCUT2D eigenvalue weighted by atomic mass is 32.2. The predicted octanol–water partition coefficient (Wildman–Crippen LogP) is 4.04. The Kier molecular flexibility index (Phi) is 6.08. The van der Waals surface area contributed by atoms with Crippen molar-refractivity contribution < 1.29 is 4.79 Å². The van der Waals surface area contributed by atoms with E-state index in [0.29, 0.717) is 9.71 Å². The molecule has 106 valence electrons. The van der Waals surface area contributed by atoms with E-state index in [1.165, 1.54) is 23.1 Å². The number of benzene rings is 1. The van der Waals surface area contributed by atoms with Crippen molar-refractivity contribution >= 4 is 58.7 Å². The molecule has 0 radical (unpaired) electrons. The van der Waals surface area contributed by atoms with Gasteiger partial charge >= 0.3 is 0 Å². The molecule has 1 aromatic heterocycles. The van der Waals surface area contributed by atoms with Crippen LogP contribution in [0.2, 0.25) is 0 Å². The highest BCUT2D eigenvalue weighted by Gasteiger charge is 2.06. The lowest BCUT2D eigenvalue weighted by Crippen LogP contribution is -2.13. The third-order valence-corrected chi connectivity index (χ3v) is 5.28. The molecule has 1 heterocycles. The smallest absolute Gasteiger partial charge is 0.234 e. The van der Waals surface area contributed by atoms with Gasteiger partial charge in [-0.05, 0) is 36.2 Å². The molecule has 0 saturated carbocycles. The van der Waals surface area contributed by atoms with Gasteiger partial charge in [-0.1, -0.05) is 36.1 Å². The first kappa shape index (κ1) is 15.6. The highest BCUT2D eigenvalue weighted by molar-refractivity contribution is 8.01. The summed E-state index contributed by atoms with van der Waals surface area (Å²) in [4.78, 5) is 13.0. The van der Waals surface area contributed by atoms with Crippen LogP contribution in [0.4, 0.5) is 5.69 Å². The summed E-state index contributed by atoms with van der Waals surface area (Å²) < 4.78 is 1.40. The molecule has 0 bridgehead atoms. The van der Waals surface area contributed by atoms with Crippen molar-refractivity contribution in [1.82, 2.24) is 10.2 Å². The summed E-state index contributed by atoms with van der Waals surface area (Å²) in [5.74, 6) is 1.29. The summed E-state index contributed by atoms with van der Waals surface area (Å²) in [5, 5.41) is 9.58. The minimum Gasteiger partial charge on any atom is -0.325 e. The lowest BCUT2D eigenvalue weighted by molar-refractivity contribution is -0.113. The molecule has 2 aromatic rings. The summed E-state index contributed by atoms with van der Waals surface area (Å²) in [6.07, 6.45) is 0. The molecule has 0 aliphatic carbocycles. The van der Waals surface area contributed by atoms with E-state index in [2.05, 4.69) is 22.4 Å². The number of aromatic nitrogens is 2. The molecule has 2 N–H and O–H groups in total. The van der Waals surface area contributed by atoms with Crippen LogP contribution in [0.25, 0.3) is 0 Å². The summed E-state index contributed by atoms with van der Waals surface area (Å²) >= 11 is 9.44. The Balaban J connectivity index is 1.87. The topological polar surface area (TPSA) is 57.8 Å². The minimum atomic E-state index is -0.0465. The van der Waals surface area contributed by atoms with Gasteiger partial charge in [-0.3, -0.25) is 9.89 Å². The molecular weight excluding hydrogens is 330 g/mol. The molecule has 4 nitrogen and oxygen atoms in total. The van der Waals surface area contributed by atoms with Crippen molar-refractivity contribution in [1.29, 1.82) is 0 Å². The van der Waals surface area contributed by atoms with Crippen LogP contribution in [-0.4, -0.2) is 27.6 Å². The van der Waals surface area contributed by atoms with Crippen molar-refractivity contribution in [2.45, 2.75) is 16.2 Å². The number of nitrogens with one attached hydrogen (secondary N) is 2. The van der Waals surface area contributed by atoms with Crippen LogP contribution >= 0.6 is 47.1 Å². The Hall–Kier alpha value is -0.830. The molecule has 0 atom stereocenters. The number of rotatable bonds is 6. The first-order valence-corrected chi connectivity index (χ1v) is 9.08. The van der Waals surface area contributed by atoms with Crippen molar-refractivity contribution in [3.63, 3.8) is 0 Å². The number of hydrogen-bond donors (Lipinski definition) is 2. The molecule has 1 aromatic carbocycles. The number of hydrogen-bond acceptors (Lipinski definition) is 6. The molecule has 0 aliphatic rings. The number of amides is 1. The van der Waals surface area contributed by atoms with Gasteiger partial charge < -0.3 is 5.32 Å². The maximum absolute atomic E-state index is 11.9. The predicted molar refractivity (Wildman–Crippen MR) is 89.5 cm³/mol. The van der Waals surface area contributed by atoms with Crippen LogP contribution in [-0.2, 0) is 4.79 Å². The lowest BCUT2D eigenvalue weighted by Gasteiger charge is -2.06. The molecule has 8 heteroatoms. The van der Waals surface area contributed by atoms with E-state index in [-0.39, 0.29) is 5.91 Å². The van der Waals surface area contributed by atoms with Gasteiger partial charge in [-0.2, -0.15) is 5.10 Å². The second kappa shape index (κ2) is 7.82. The Morgan fingerprint density at radius 2 is 2.35 bits per heavy atom. The van der Waals surface area contributed by atoms with Crippen LogP contribution in [0, 0.1) is 3.95 Å². The number of carbonyl (C=O) groups excluding carboxylic acids is 1. The summed E-state index contributed by atoms with van der Waals surface area (Å²) in [7, 11) is 0. The van der Waals surface area contributed by atoms with Gasteiger partial charge in [0.2, 0.25) is 5.91 Å². The van der Waals surface area contributed by atoms with E-state index in [1.54, 1.807) is 11.8 Å². The number of carbonyl (C=O) groups is 1. The first-order valence-electron chi connectivity index (χ1n) is 5.88. The van der Waals surface area contributed by atoms with Gasteiger partial charge in [0, 0.05) is 10.6 Å². The van der Waals surface area contributed by atoms with E-state index in [4.69, 9.17) is 12.2 Å². The van der Waals surface area contributed by atoms with Gasteiger partial charge in [0.1, 0.15) is 0 Å². The molecule has 0 unspecified atom stereocenters. The normalized spacial score (nSPS) is 10.4. The number of nitrogens with zero attached hydrogens (tertiary/aromatic N) is 1. The number of aromatic amines is 1. The zero-order chi connectivity index (χ0) is 14.4. The molecule has 2 rings (SSSR count). The largest absolute Gasteiger partial charge is 0.325 e. The van der Waals surface area contributed by atoms with Crippen molar-refractivity contribution in [2.24, 2.45) is 0 Å². The summed E-state index contributed by atoms with van der Waals surface area (Å²) in [5.41, 5.74) is 0.823. The Bertz CT molecular complexity index is 637.